The molecule has 0 saturated carbocycles. The highest BCUT2D eigenvalue weighted by atomic mass is 32.2. The minimum absolute atomic E-state index is 0.719. The molecule has 0 fully saturated rings. The standard InChI is InChI=1S/C15H12N3S/c1-11-7-12(9-16)15-14(8-11)17-18(10-19-15)13-5-3-2-4-6-13/h2-8H,10H2,1H3/q+1. The minimum atomic E-state index is 0.719. The molecule has 0 radical (unpaired) electrons. The van der Waals surface area contributed by atoms with E-state index in [1.165, 1.54) is 0 Å². The van der Waals surface area contributed by atoms with Crippen molar-refractivity contribution in [2.45, 2.75) is 11.8 Å². The number of rotatable bonds is 1. The number of hydrogen-bond acceptors (Lipinski definition) is 3. The first-order valence-corrected chi connectivity index (χ1v) is 6.98. The summed E-state index contributed by atoms with van der Waals surface area (Å²) >= 11 is 1.66. The molecule has 0 spiro atoms. The van der Waals surface area contributed by atoms with Crippen molar-refractivity contribution < 1.29 is 4.70 Å². The van der Waals surface area contributed by atoms with Gasteiger partial charge in [0.1, 0.15) is 11.8 Å². The van der Waals surface area contributed by atoms with Crippen LogP contribution in [-0.2, 0) is 0 Å². The molecule has 2 aromatic rings. The molecule has 3 rings (SSSR count). The number of nitrogens with zero attached hydrogens (tertiary/aromatic N) is 3. The molecule has 0 bridgehead atoms. The average Bonchev–Trinajstić information content (AvgIpc) is 2.46. The largest absolute Gasteiger partial charge is 0.232 e. The first kappa shape index (κ1) is 11.9. The molecular weight excluding hydrogens is 254 g/mol. The molecule has 2 aromatic carbocycles. The van der Waals surface area contributed by atoms with E-state index >= 15 is 0 Å². The Kier molecular flexibility index (Phi) is 3.06. The third kappa shape index (κ3) is 2.25. The lowest BCUT2D eigenvalue weighted by atomic mass is 10.1. The first-order chi connectivity index (χ1) is 9.28. The SMILES string of the molecule is Cc1cc(C#N)c2c(c1)N=[N+](c1ccccc1)CS2. The fraction of sp³-hybridized carbons (Fsp3) is 0.133. The zero-order chi connectivity index (χ0) is 13.2. The molecule has 1 aliphatic rings. The summed E-state index contributed by atoms with van der Waals surface area (Å²) in [4.78, 5) is 0.986. The van der Waals surface area contributed by atoms with Crippen molar-refractivity contribution in [2.24, 2.45) is 5.11 Å². The quantitative estimate of drug-likeness (QED) is 0.719. The monoisotopic (exact) mass is 266 g/mol. The maximum absolute atomic E-state index is 9.18. The predicted molar refractivity (Wildman–Crippen MR) is 75.1 cm³/mol. The second-order valence-corrected chi connectivity index (χ2v) is 5.34. The van der Waals surface area contributed by atoms with Crippen LogP contribution in [0.25, 0.3) is 0 Å². The molecule has 3 nitrogen and oxygen atoms in total. The summed E-state index contributed by atoms with van der Waals surface area (Å²) in [6, 6.07) is 16.3. The summed E-state index contributed by atoms with van der Waals surface area (Å²) in [5.74, 6) is 0.731. The van der Waals surface area contributed by atoms with Crippen LogP contribution in [0.4, 0.5) is 11.4 Å². The van der Waals surface area contributed by atoms with E-state index in [1.54, 1.807) is 11.8 Å². The van der Waals surface area contributed by atoms with Crippen molar-refractivity contribution >= 4 is 23.1 Å². The number of azo groups is 2. The number of benzene rings is 2. The smallest absolute Gasteiger partial charge is 0.192 e. The van der Waals surface area contributed by atoms with Gasteiger partial charge in [0.05, 0.1) is 10.5 Å². The molecule has 1 heterocycles. The molecule has 0 aliphatic carbocycles. The van der Waals surface area contributed by atoms with E-state index in [1.807, 2.05) is 54.1 Å². The lowest BCUT2D eigenvalue weighted by Crippen LogP contribution is -2.06. The molecule has 0 amide bonds. The third-order valence-corrected chi connectivity index (χ3v) is 4.04. The highest BCUT2D eigenvalue weighted by Gasteiger charge is 2.23. The maximum atomic E-state index is 9.18. The summed E-state index contributed by atoms with van der Waals surface area (Å²) in [5, 5.41) is 13.8. The molecule has 0 saturated heterocycles. The normalized spacial score (nSPS) is 13.4. The van der Waals surface area contributed by atoms with Gasteiger partial charge in [0.15, 0.2) is 0 Å². The van der Waals surface area contributed by atoms with E-state index in [0.717, 1.165) is 33.3 Å². The van der Waals surface area contributed by atoms with Gasteiger partial charge in [0.25, 0.3) is 0 Å². The number of hydrogen-bond donors (Lipinski definition) is 0. The second kappa shape index (κ2) is 4.87. The first-order valence-electron chi connectivity index (χ1n) is 6.00. The zero-order valence-electron chi connectivity index (χ0n) is 10.5. The lowest BCUT2D eigenvalue weighted by Gasteiger charge is -2.11. The fourth-order valence-corrected chi connectivity index (χ4v) is 3.05. The van der Waals surface area contributed by atoms with Crippen LogP contribution in [0.15, 0.2) is 52.5 Å². The van der Waals surface area contributed by atoms with Crippen LogP contribution in [0.3, 0.4) is 0 Å². The number of fused-ring (bicyclic) bond motifs is 1. The lowest BCUT2D eigenvalue weighted by molar-refractivity contribution is -0.488. The molecule has 1 aliphatic heterocycles. The van der Waals surface area contributed by atoms with Gasteiger partial charge in [-0.3, -0.25) is 0 Å². The predicted octanol–water partition coefficient (Wildman–Crippen LogP) is 4.36. The summed E-state index contributed by atoms with van der Waals surface area (Å²) in [6.07, 6.45) is 0. The van der Waals surface area contributed by atoms with Gasteiger partial charge in [0.2, 0.25) is 11.6 Å². The van der Waals surface area contributed by atoms with Gasteiger partial charge in [-0.2, -0.15) is 5.26 Å². The Bertz CT molecular complexity index is 699. The van der Waals surface area contributed by atoms with Crippen LogP contribution in [0.5, 0.6) is 0 Å². The van der Waals surface area contributed by atoms with Crippen molar-refractivity contribution in [3.63, 3.8) is 0 Å². The Morgan fingerprint density at radius 3 is 2.79 bits per heavy atom. The van der Waals surface area contributed by atoms with E-state index in [4.69, 9.17) is 0 Å². The van der Waals surface area contributed by atoms with Crippen LogP contribution >= 0.6 is 11.8 Å². The summed E-state index contributed by atoms with van der Waals surface area (Å²) in [6.45, 7) is 1.99. The van der Waals surface area contributed by atoms with Crippen LogP contribution in [0, 0.1) is 18.3 Å². The molecule has 92 valence electrons. The average molecular weight is 266 g/mol. The van der Waals surface area contributed by atoms with Gasteiger partial charge in [-0.1, -0.05) is 22.9 Å². The molecule has 0 N–H and O–H groups in total. The van der Waals surface area contributed by atoms with Gasteiger partial charge < -0.3 is 0 Å². The van der Waals surface area contributed by atoms with E-state index < -0.39 is 0 Å². The molecule has 0 unspecified atom stereocenters. The molecular formula is C15H12N3S+. The number of para-hydroxylation sites is 1. The second-order valence-electron chi connectivity index (χ2n) is 4.38. The van der Waals surface area contributed by atoms with E-state index in [2.05, 4.69) is 11.2 Å². The molecule has 19 heavy (non-hydrogen) atoms. The Morgan fingerprint density at radius 2 is 2.05 bits per heavy atom. The number of nitriles is 1. The van der Waals surface area contributed by atoms with Gasteiger partial charge in [-0.15, -0.1) is 0 Å². The number of aryl methyl sites for hydroxylation is 1. The van der Waals surface area contributed by atoms with E-state index in [-0.39, 0.29) is 0 Å². The van der Waals surface area contributed by atoms with Crippen molar-refractivity contribution in [3.8, 4) is 6.07 Å². The molecule has 0 atom stereocenters. The van der Waals surface area contributed by atoms with Crippen molar-refractivity contribution in [3.05, 3.63) is 53.6 Å². The maximum Gasteiger partial charge on any atom is 0.232 e. The minimum Gasteiger partial charge on any atom is -0.192 e. The summed E-state index contributed by atoms with van der Waals surface area (Å²) < 4.78 is 1.97. The topological polar surface area (TPSA) is 39.2 Å². The Hall–Kier alpha value is -2.12. The van der Waals surface area contributed by atoms with Gasteiger partial charge >= 0.3 is 0 Å². The Morgan fingerprint density at radius 1 is 1.26 bits per heavy atom. The van der Waals surface area contributed by atoms with Crippen molar-refractivity contribution in [1.29, 1.82) is 5.26 Å². The fourth-order valence-electron chi connectivity index (χ4n) is 2.08. The van der Waals surface area contributed by atoms with E-state index in [0.29, 0.717) is 0 Å². The van der Waals surface area contributed by atoms with Crippen molar-refractivity contribution in [2.75, 3.05) is 5.88 Å². The van der Waals surface area contributed by atoms with Gasteiger partial charge in [0, 0.05) is 17.2 Å². The van der Waals surface area contributed by atoms with Crippen LogP contribution in [-0.4, -0.2) is 10.6 Å². The highest BCUT2D eigenvalue weighted by Crippen LogP contribution is 2.39. The van der Waals surface area contributed by atoms with E-state index in [9.17, 15) is 5.26 Å². The molecule has 0 aromatic heterocycles. The van der Waals surface area contributed by atoms with Crippen LogP contribution < -0.4 is 0 Å². The molecule has 4 heteroatoms. The van der Waals surface area contributed by atoms with Crippen LogP contribution in [0.2, 0.25) is 0 Å². The third-order valence-electron chi connectivity index (χ3n) is 2.95. The Balaban J connectivity index is 2.11. The van der Waals surface area contributed by atoms with Gasteiger partial charge in [-0.05, 0) is 36.4 Å². The van der Waals surface area contributed by atoms with Crippen LogP contribution in [0.1, 0.15) is 11.1 Å². The van der Waals surface area contributed by atoms with Gasteiger partial charge in [-0.25, -0.2) is 0 Å². The zero-order valence-corrected chi connectivity index (χ0v) is 11.3. The Labute approximate surface area is 116 Å². The summed E-state index contributed by atoms with van der Waals surface area (Å²) in [7, 11) is 0. The number of thioether (sulfide) groups is 1. The van der Waals surface area contributed by atoms with Crippen molar-refractivity contribution in [1.82, 2.24) is 0 Å². The summed E-state index contributed by atoms with van der Waals surface area (Å²) in [5.41, 5.74) is 3.74. The highest BCUT2D eigenvalue weighted by molar-refractivity contribution is 7.99.